The average molecular weight is 292 g/mol. The minimum atomic E-state index is -1.00. The molecule has 7 nitrogen and oxygen atoms in total. The number of hydrogen-bond donors (Lipinski definition) is 3. The Bertz CT molecular complexity index is 539. The molecule has 0 spiro atoms. The monoisotopic (exact) mass is 292 g/mol. The Balaban J connectivity index is 1.97. The smallest absolute Gasteiger partial charge is 0.336 e. The molecule has 1 fully saturated rings. The number of urea groups is 1. The minimum Gasteiger partial charge on any atom is -0.478 e. The van der Waals surface area contributed by atoms with Gasteiger partial charge in [0, 0.05) is 31.9 Å². The molecule has 7 heteroatoms. The number of aromatic carboxylic acids is 1. The van der Waals surface area contributed by atoms with Crippen LogP contribution in [0.1, 0.15) is 15.9 Å². The molecule has 3 N–H and O–H groups in total. The lowest BCUT2D eigenvalue weighted by Gasteiger charge is -2.32. The maximum atomic E-state index is 12.0. The molecule has 0 radical (unpaired) electrons. The summed E-state index contributed by atoms with van der Waals surface area (Å²) in [5.74, 6) is -1.00. The lowest BCUT2D eigenvalue weighted by Crippen LogP contribution is -2.53. The van der Waals surface area contributed by atoms with Gasteiger partial charge in [-0.1, -0.05) is 6.07 Å². The van der Waals surface area contributed by atoms with Crippen molar-refractivity contribution >= 4 is 17.7 Å². The highest BCUT2D eigenvalue weighted by molar-refractivity contribution is 5.95. The van der Waals surface area contributed by atoms with Crippen LogP contribution in [0.3, 0.4) is 0 Å². The molecular formula is C14H20N4O3. The van der Waals surface area contributed by atoms with E-state index in [1.165, 1.54) is 6.07 Å². The van der Waals surface area contributed by atoms with Crippen LogP contribution in [0.15, 0.2) is 18.2 Å². The zero-order chi connectivity index (χ0) is 15.4. The van der Waals surface area contributed by atoms with Gasteiger partial charge in [0.2, 0.25) is 0 Å². The topological polar surface area (TPSA) is 84.9 Å². The number of amides is 2. The van der Waals surface area contributed by atoms with E-state index < -0.39 is 5.97 Å². The van der Waals surface area contributed by atoms with Crippen molar-refractivity contribution in [2.24, 2.45) is 0 Å². The fourth-order valence-electron chi connectivity index (χ4n) is 2.21. The summed E-state index contributed by atoms with van der Waals surface area (Å²) in [4.78, 5) is 25.2. The largest absolute Gasteiger partial charge is 0.478 e. The highest BCUT2D eigenvalue weighted by Gasteiger charge is 2.17. The van der Waals surface area contributed by atoms with Gasteiger partial charge in [-0.2, -0.15) is 0 Å². The Hall–Kier alpha value is -2.12. The lowest BCUT2D eigenvalue weighted by molar-refractivity contribution is 0.0696. The Morgan fingerprint density at radius 1 is 1.19 bits per heavy atom. The molecular weight excluding hydrogens is 272 g/mol. The van der Waals surface area contributed by atoms with Crippen LogP contribution in [0.5, 0.6) is 0 Å². The standard InChI is InChI=1S/C14H20N4O3/c1-10-11(13(19)20)4-3-5-12(10)15-14(21)16-18-8-6-17(2)7-9-18/h3-5H,6-9H2,1-2H3,(H,19,20)(H2,15,16,21). The van der Waals surface area contributed by atoms with E-state index in [4.69, 9.17) is 5.11 Å². The fraction of sp³-hybridized carbons (Fsp3) is 0.429. The normalized spacial score (nSPS) is 16.5. The summed E-state index contributed by atoms with van der Waals surface area (Å²) in [6.45, 7) is 4.99. The second-order valence-corrected chi connectivity index (χ2v) is 5.14. The molecule has 1 heterocycles. The van der Waals surface area contributed by atoms with Crippen molar-refractivity contribution < 1.29 is 14.7 Å². The molecule has 0 atom stereocenters. The maximum Gasteiger partial charge on any atom is 0.336 e. The van der Waals surface area contributed by atoms with Crippen molar-refractivity contribution in [1.29, 1.82) is 0 Å². The Labute approximate surface area is 123 Å². The molecule has 0 unspecified atom stereocenters. The number of nitrogens with zero attached hydrogens (tertiary/aromatic N) is 2. The van der Waals surface area contributed by atoms with E-state index in [1.54, 1.807) is 19.1 Å². The van der Waals surface area contributed by atoms with E-state index in [-0.39, 0.29) is 11.6 Å². The highest BCUT2D eigenvalue weighted by Crippen LogP contribution is 2.18. The second kappa shape index (κ2) is 6.55. The first kappa shape index (κ1) is 15.3. The van der Waals surface area contributed by atoms with Gasteiger partial charge in [-0.15, -0.1) is 0 Å². The van der Waals surface area contributed by atoms with Crippen LogP contribution >= 0.6 is 0 Å². The van der Waals surface area contributed by atoms with Crippen molar-refractivity contribution in [2.45, 2.75) is 6.92 Å². The van der Waals surface area contributed by atoms with Gasteiger partial charge in [-0.3, -0.25) is 5.43 Å². The van der Waals surface area contributed by atoms with E-state index in [9.17, 15) is 9.59 Å². The van der Waals surface area contributed by atoms with Crippen LogP contribution in [0.2, 0.25) is 0 Å². The number of carbonyl (C=O) groups is 2. The summed E-state index contributed by atoms with van der Waals surface area (Å²) in [7, 11) is 2.04. The number of piperazine rings is 1. The van der Waals surface area contributed by atoms with Crippen molar-refractivity contribution in [3.8, 4) is 0 Å². The number of hydrazine groups is 1. The molecule has 0 aliphatic carbocycles. The summed E-state index contributed by atoms with van der Waals surface area (Å²) < 4.78 is 0. The summed E-state index contributed by atoms with van der Waals surface area (Å²) in [6.07, 6.45) is 0. The van der Waals surface area contributed by atoms with Crippen molar-refractivity contribution in [3.05, 3.63) is 29.3 Å². The van der Waals surface area contributed by atoms with Crippen molar-refractivity contribution in [3.63, 3.8) is 0 Å². The third kappa shape index (κ3) is 3.93. The molecule has 1 aliphatic heterocycles. The predicted molar refractivity (Wildman–Crippen MR) is 79.4 cm³/mol. The van der Waals surface area contributed by atoms with Crippen LogP contribution in [-0.2, 0) is 0 Å². The summed E-state index contributed by atoms with van der Waals surface area (Å²) in [5, 5.41) is 13.6. The van der Waals surface area contributed by atoms with Gasteiger partial charge in [-0.05, 0) is 31.7 Å². The zero-order valence-corrected chi connectivity index (χ0v) is 12.2. The van der Waals surface area contributed by atoms with Crippen LogP contribution in [0.25, 0.3) is 0 Å². The molecule has 0 bridgehead atoms. The first-order chi connectivity index (χ1) is 9.97. The van der Waals surface area contributed by atoms with E-state index in [0.29, 0.717) is 11.3 Å². The third-order valence-electron chi connectivity index (χ3n) is 3.58. The van der Waals surface area contributed by atoms with E-state index in [1.807, 2.05) is 12.1 Å². The predicted octanol–water partition coefficient (Wildman–Crippen LogP) is 0.977. The van der Waals surface area contributed by atoms with Gasteiger partial charge in [0.25, 0.3) is 0 Å². The zero-order valence-electron chi connectivity index (χ0n) is 12.2. The molecule has 21 heavy (non-hydrogen) atoms. The lowest BCUT2D eigenvalue weighted by atomic mass is 10.1. The Morgan fingerprint density at radius 2 is 1.86 bits per heavy atom. The molecule has 2 amide bonds. The molecule has 1 aliphatic rings. The first-order valence-electron chi connectivity index (χ1n) is 6.81. The van der Waals surface area contributed by atoms with Crippen LogP contribution in [0, 0.1) is 6.92 Å². The Morgan fingerprint density at radius 3 is 2.48 bits per heavy atom. The molecule has 1 aromatic carbocycles. The average Bonchev–Trinajstić information content (AvgIpc) is 2.43. The number of nitrogens with one attached hydrogen (secondary N) is 2. The van der Waals surface area contributed by atoms with Crippen molar-refractivity contribution in [1.82, 2.24) is 15.3 Å². The number of rotatable bonds is 3. The molecule has 2 rings (SSSR count). The number of carboxylic acids is 1. The van der Waals surface area contributed by atoms with E-state index >= 15 is 0 Å². The fourth-order valence-corrected chi connectivity index (χ4v) is 2.21. The van der Waals surface area contributed by atoms with Gasteiger partial charge in [0.05, 0.1) is 5.56 Å². The number of anilines is 1. The summed E-state index contributed by atoms with van der Waals surface area (Å²) >= 11 is 0. The molecule has 1 saturated heterocycles. The Kier molecular flexibility index (Phi) is 4.77. The van der Waals surface area contributed by atoms with Crippen LogP contribution in [0.4, 0.5) is 10.5 Å². The molecule has 0 aromatic heterocycles. The number of likely N-dealkylation sites (N-methyl/N-ethyl adjacent to an activating group) is 1. The number of carboxylic acid groups (broad SMARTS) is 1. The van der Waals surface area contributed by atoms with E-state index in [2.05, 4.69) is 15.6 Å². The number of benzene rings is 1. The van der Waals surface area contributed by atoms with Crippen molar-refractivity contribution in [2.75, 3.05) is 38.5 Å². The van der Waals surface area contributed by atoms with Crippen LogP contribution < -0.4 is 10.7 Å². The minimum absolute atomic E-state index is 0.187. The molecule has 0 saturated carbocycles. The van der Waals surface area contributed by atoms with Gasteiger partial charge in [0.15, 0.2) is 0 Å². The molecule has 1 aromatic rings. The van der Waals surface area contributed by atoms with Gasteiger partial charge in [0.1, 0.15) is 0 Å². The number of carbonyl (C=O) groups excluding carboxylic acids is 1. The van der Waals surface area contributed by atoms with E-state index in [0.717, 1.165) is 26.2 Å². The van der Waals surface area contributed by atoms with Gasteiger partial charge < -0.3 is 15.3 Å². The first-order valence-corrected chi connectivity index (χ1v) is 6.81. The summed E-state index contributed by atoms with van der Waals surface area (Å²) in [5.41, 5.74) is 4.00. The van der Waals surface area contributed by atoms with Gasteiger partial charge >= 0.3 is 12.0 Å². The quantitative estimate of drug-likeness (QED) is 0.773. The van der Waals surface area contributed by atoms with Crippen LogP contribution in [-0.4, -0.2) is 60.2 Å². The number of hydrogen-bond acceptors (Lipinski definition) is 4. The molecule has 114 valence electrons. The third-order valence-corrected chi connectivity index (χ3v) is 3.58. The highest BCUT2D eigenvalue weighted by atomic mass is 16.4. The van der Waals surface area contributed by atoms with Gasteiger partial charge in [-0.25, -0.2) is 14.6 Å². The SMILES string of the molecule is Cc1c(NC(=O)NN2CCN(C)CC2)cccc1C(=O)O. The maximum absolute atomic E-state index is 12.0. The second-order valence-electron chi connectivity index (χ2n) is 5.14. The summed E-state index contributed by atoms with van der Waals surface area (Å²) in [6, 6.07) is 4.46.